The maximum atomic E-state index is 12.0. The number of carbonyl (C=O) groups excluding carboxylic acids is 1. The molecule has 1 unspecified atom stereocenters. The molecule has 22 heavy (non-hydrogen) atoms. The van der Waals surface area contributed by atoms with Crippen LogP contribution in [-0.4, -0.2) is 23.6 Å². The quantitative estimate of drug-likeness (QED) is 0.723. The Morgan fingerprint density at radius 3 is 2.95 bits per heavy atom. The van der Waals surface area contributed by atoms with E-state index in [1.54, 1.807) is 0 Å². The van der Waals surface area contributed by atoms with Crippen molar-refractivity contribution < 1.29 is 9.53 Å². The zero-order valence-electron chi connectivity index (χ0n) is 12.0. The highest BCUT2D eigenvalue weighted by Crippen LogP contribution is 2.25. The van der Waals surface area contributed by atoms with Crippen molar-refractivity contribution in [2.45, 2.75) is 31.8 Å². The molecule has 0 bridgehead atoms. The van der Waals surface area contributed by atoms with Crippen molar-refractivity contribution in [3.8, 4) is 11.3 Å². The highest BCUT2D eigenvalue weighted by atomic mass is 127. The van der Waals surface area contributed by atoms with Crippen molar-refractivity contribution >= 4 is 45.0 Å². The van der Waals surface area contributed by atoms with Crippen molar-refractivity contribution in [2.75, 3.05) is 11.9 Å². The number of carbonyl (C=O) groups is 1. The van der Waals surface area contributed by atoms with Crippen LogP contribution in [0.25, 0.3) is 11.3 Å². The van der Waals surface area contributed by atoms with Crippen LogP contribution in [-0.2, 0) is 9.53 Å². The third-order valence-electron chi connectivity index (χ3n) is 3.61. The second-order valence-corrected chi connectivity index (χ2v) is 7.37. The van der Waals surface area contributed by atoms with Crippen LogP contribution >= 0.6 is 33.9 Å². The maximum Gasteiger partial charge on any atom is 0.226 e. The Morgan fingerprint density at radius 1 is 1.41 bits per heavy atom. The summed E-state index contributed by atoms with van der Waals surface area (Å²) >= 11 is 3.74. The van der Waals surface area contributed by atoms with E-state index in [-0.39, 0.29) is 12.0 Å². The minimum absolute atomic E-state index is 0.0130. The second kappa shape index (κ2) is 7.52. The Morgan fingerprint density at radius 2 is 2.23 bits per heavy atom. The summed E-state index contributed by atoms with van der Waals surface area (Å²) in [6, 6.07) is 8.18. The minimum Gasteiger partial charge on any atom is -0.378 e. The molecule has 1 aromatic carbocycles. The molecule has 3 rings (SSSR count). The van der Waals surface area contributed by atoms with Crippen molar-refractivity contribution in [2.24, 2.45) is 0 Å². The summed E-state index contributed by atoms with van der Waals surface area (Å²) < 4.78 is 6.73. The lowest BCUT2D eigenvalue weighted by Gasteiger charge is -2.08. The highest BCUT2D eigenvalue weighted by molar-refractivity contribution is 14.1. The monoisotopic (exact) mass is 428 g/mol. The molecule has 0 radical (unpaired) electrons. The van der Waals surface area contributed by atoms with E-state index >= 15 is 0 Å². The van der Waals surface area contributed by atoms with Crippen molar-refractivity contribution in [3.63, 3.8) is 0 Å². The van der Waals surface area contributed by atoms with Gasteiger partial charge in [0.25, 0.3) is 0 Å². The van der Waals surface area contributed by atoms with Crippen LogP contribution in [0.15, 0.2) is 29.6 Å². The number of benzene rings is 1. The summed E-state index contributed by atoms with van der Waals surface area (Å²) in [4.78, 5) is 16.4. The van der Waals surface area contributed by atoms with E-state index in [2.05, 4.69) is 45.0 Å². The molecule has 1 amide bonds. The van der Waals surface area contributed by atoms with Gasteiger partial charge in [-0.3, -0.25) is 4.79 Å². The van der Waals surface area contributed by atoms with Gasteiger partial charge in [-0.15, -0.1) is 11.3 Å². The molecule has 1 atom stereocenters. The number of aromatic nitrogens is 1. The second-order valence-electron chi connectivity index (χ2n) is 5.27. The van der Waals surface area contributed by atoms with Crippen LogP contribution in [0.5, 0.6) is 0 Å². The molecule has 6 heteroatoms. The average Bonchev–Trinajstić information content (AvgIpc) is 3.17. The van der Waals surface area contributed by atoms with Gasteiger partial charge in [-0.1, -0.05) is 12.1 Å². The largest absolute Gasteiger partial charge is 0.378 e. The first-order valence-electron chi connectivity index (χ1n) is 7.33. The first kappa shape index (κ1) is 15.9. The van der Waals surface area contributed by atoms with Crippen molar-refractivity contribution in [1.29, 1.82) is 0 Å². The Bertz CT molecular complexity index is 636. The Balaban J connectivity index is 1.54. The number of anilines is 1. The SMILES string of the molecule is O=C(CCC1CCCO1)Nc1nc(-c2ccc(I)cc2)cs1. The number of amides is 1. The molecule has 1 saturated heterocycles. The average molecular weight is 428 g/mol. The first-order chi connectivity index (χ1) is 10.7. The van der Waals surface area contributed by atoms with Crippen LogP contribution in [0.4, 0.5) is 5.13 Å². The molecule has 4 nitrogen and oxygen atoms in total. The molecular formula is C16H17IN2O2S. The first-order valence-corrected chi connectivity index (χ1v) is 9.29. The maximum absolute atomic E-state index is 12.0. The summed E-state index contributed by atoms with van der Waals surface area (Å²) in [5.74, 6) is 0.0130. The van der Waals surface area contributed by atoms with Gasteiger partial charge in [0.2, 0.25) is 5.91 Å². The minimum atomic E-state index is 0.0130. The van der Waals surface area contributed by atoms with E-state index in [1.807, 2.05) is 17.5 Å². The molecule has 1 fully saturated rings. The van der Waals surface area contributed by atoms with Gasteiger partial charge < -0.3 is 10.1 Å². The van der Waals surface area contributed by atoms with Crippen LogP contribution < -0.4 is 5.32 Å². The van der Waals surface area contributed by atoms with Crippen molar-refractivity contribution in [1.82, 2.24) is 4.98 Å². The Labute approximate surface area is 147 Å². The number of ether oxygens (including phenoxy) is 1. The van der Waals surface area contributed by atoms with Crippen molar-refractivity contribution in [3.05, 3.63) is 33.2 Å². The highest BCUT2D eigenvalue weighted by Gasteiger charge is 2.17. The number of nitrogens with zero attached hydrogens (tertiary/aromatic N) is 1. The zero-order valence-corrected chi connectivity index (χ0v) is 15.0. The summed E-state index contributed by atoms with van der Waals surface area (Å²) in [6.45, 7) is 0.831. The van der Waals surface area contributed by atoms with Gasteiger partial charge in [0.1, 0.15) is 0 Å². The van der Waals surface area contributed by atoms with E-state index in [9.17, 15) is 4.79 Å². The molecule has 2 heterocycles. The van der Waals surface area contributed by atoms with Crippen LogP contribution in [0.1, 0.15) is 25.7 Å². The van der Waals surface area contributed by atoms with Gasteiger partial charge in [0, 0.05) is 27.5 Å². The van der Waals surface area contributed by atoms with E-state index < -0.39 is 0 Å². The fourth-order valence-corrected chi connectivity index (χ4v) is 3.53. The predicted molar refractivity (Wildman–Crippen MR) is 97.1 cm³/mol. The molecule has 1 N–H and O–H groups in total. The Kier molecular flexibility index (Phi) is 5.43. The summed E-state index contributed by atoms with van der Waals surface area (Å²) in [7, 11) is 0. The molecule has 1 aromatic heterocycles. The van der Waals surface area contributed by atoms with Crippen LogP contribution in [0.2, 0.25) is 0 Å². The molecule has 0 saturated carbocycles. The third-order valence-corrected chi connectivity index (χ3v) is 5.08. The molecular weight excluding hydrogens is 411 g/mol. The third kappa shape index (κ3) is 4.27. The zero-order chi connectivity index (χ0) is 15.4. The molecule has 0 spiro atoms. The number of hydrogen-bond donors (Lipinski definition) is 1. The molecule has 116 valence electrons. The smallest absolute Gasteiger partial charge is 0.226 e. The van der Waals surface area contributed by atoms with Gasteiger partial charge in [-0.25, -0.2) is 4.98 Å². The van der Waals surface area contributed by atoms with Gasteiger partial charge >= 0.3 is 0 Å². The van der Waals surface area contributed by atoms with Crippen LogP contribution in [0, 0.1) is 3.57 Å². The normalized spacial score (nSPS) is 17.6. The standard InChI is InChI=1S/C16H17IN2O2S/c17-12-5-3-11(4-6-12)14-10-22-16(18-14)19-15(20)8-7-13-2-1-9-21-13/h3-6,10,13H,1-2,7-9H2,(H,18,19,20). The Hall–Kier alpha value is -0.990. The fraction of sp³-hybridized carbons (Fsp3) is 0.375. The van der Waals surface area contributed by atoms with Gasteiger partial charge in [-0.05, 0) is 54.0 Å². The topological polar surface area (TPSA) is 51.2 Å². The molecule has 2 aromatic rings. The number of halogens is 1. The van der Waals surface area contributed by atoms with E-state index in [4.69, 9.17) is 4.74 Å². The number of thiazole rings is 1. The molecule has 0 aliphatic carbocycles. The van der Waals surface area contributed by atoms with Gasteiger partial charge in [-0.2, -0.15) is 0 Å². The van der Waals surface area contributed by atoms with Gasteiger partial charge in [0.05, 0.1) is 11.8 Å². The number of nitrogens with one attached hydrogen (secondary N) is 1. The van der Waals surface area contributed by atoms with Crippen LogP contribution in [0.3, 0.4) is 0 Å². The predicted octanol–water partition coefficient (Wildman–Crippen LogP) is 4.31. The van der Waals surface area contributed by atoms with E-state index in [0.29, 0.717) is 11.6 Å². The molecule has 1 aliphatic heterocycles. The number of hydrogen-bond acceptors (Lipinski definition) is 4. The van der Waals surface area contributed by atoms with E-state index in [0.717, 1.165) is 37.1 Å². The summed E-state index contributed by atoms with van der Waals surface area (Å²) in [5, 5.41) is 5.51. The van der Waals surface area contributed by atoms with Gasteiger partial charge in [0.15, 0.2) is 5.13 Å². The summed E-state index contributed by atoms with van der Waals surface area (Å²) in [6.07, 6.45) is 3.72. The lowest BCUT2D eigenvalue weighted by atomic mass is 10.1. The summed E-state index contributed by atoms with van der Waals surface area (Å²) in [5.41, 5.74) is 1.97. The number of rotatable bonds is 5. The van der Waals surface area contributed by atoms with E-state index in [1.165, 1.54) is 14.9 Å². The molecule has 1 aliphatic rings. The fourth-order valence-electron chi connectivity index (χ4n) is 2.43. The lowest BCUT2D eigenvalue weighted by molar-refractivity contribution is -0.116. The lowest BCUT2D eigenvalue weighted by Crippen LogP contribution is -2.15.